The highest BCUT2D eigenvalue weighted by atomic mass is 32.1. The average Bonchev–Trinajstić information content (AvgIpc) is 2.94. The normalized spacial score (nSPS) is 11.3. The molecular weight excluding hydrogens is 282 g/mol. The van der Waals surface area contributed by atoms with E-state index < -0.39 is 0 Å². The van der Waals surface area contributed by atoms with Gasteiger partial charge < -0.3 is 4.98 Å². The predicted octanol–water partition coefficient (Wildman–Crippen LogP) is 3.79. The summed E-state index contributed by atoms with van der Waals surface area (Å²) in [6.45, 7) is 1.81. The number of pyridine rings is 1. The van der Waals surface area contributed by atoms with Gasteiger partial charge in [-0.25, -0.2) is 0 Å². The molecule has 3 nitrogen and oxygen atoms in total. The molecule has 3 aromatic rings. The summed E-state index contributed by atoms with van der Waals surface area (Å²) >= 11 is 1.46. The van der Waals surface area contributed by atoms with Crippen molar-refractivity contribution in [3.8, 4) is 0 Å². The number of benzene rings is 1. The van der Waals surface area contributed by atoms with Crippen LogP contribution in [0.5, 0.6) is 0 Å². The number of H-pyrrole nitrogens is 1. The van der Waals surface area contributed by atoms with Gasteiger partial charge in [-0.05, 0) is 35.6 Å². The lowest BCUT2D eigenvalue weighted by Crippen LogP contribution is -2.18. The minimum absolute atomic E-state index is 0.216. The summed E-state index contributed by atoms with van der Waals surface area (Å²) in [5.74, 6) is -0.272. The molecule has 2 aromatic heterocycles. The van der Waals surface area contributed by atoms with E-state index in [9.17, 15) is 9.59 Å². The predicted molar refractivity (Wildman–Crippen MR) is 87.0 cm³/mol. The first-order chi connectivity index (χ1) is 10.2. The molecular formula is C17H13NO2S. The van der Waals surface area contributed by atoms with Crippen LogP contribution in [-0.2, 0) is 0 Å². The Bertz CT molecular complexity index is 888. The van der Waals surface area contributed by atoms with Gasteiger partial charge in [0.25, 0.3) is 5.56 Å². The van der Waals surface area contributed by atoms with Crippen molar-refractivity contribution in [3.63, 3.8) is 0 Å². The number of hydrogen-bond acceptors (Lipinski definition) is 3. The number of allylic oxidation sites excluding steroid dienone is 1. The maximum Gasteiger partial charge on any atom is 0.260 e. The number of nitrogens with one attached hydrogen (secondary N) is 1. The standard InChI is InChI=1S/C17H13NO2S/c1-11-13-9-10-21-17(13)18-16(20)15(11)14(19)8-7-12-5-3-2-4-6-12/h2-10H,1H3,(H,18,20). The highest BCUT2D eigenvalue weighted by Gasteiger charge is 2.14. The number of aryl methyl sites for hydroxylation is 1. The molecule has 0 bridgehead atoms. The second-order valence-corrected chi connectivity index (χ2v) is 5.64. The Labute approximate surface area is 125 Å². The summed E-state index contributed by atoms with van der Waals surface area (Å²) in [5.41, 5.74) is 1.55. The Morgan fingerprint density at radius 3 is 2.71 bits per heavy atom. The van der Waals surface area contributed by atoms with Crippen molar-refractivity contribution in [2.24, 2.45) is 0 Å². The van der Waals surface area contributed by atoms with Gasteiger partial charge in [0.2, 0.25) is 0 Å². The lowest BCUT2D eigenvalue weighted by Gasteiger charge is -2.02. The zero-order chi connectivity index (χ0) is 14.8. The molecule has 0 radical (unpaired) electrons. The van der Waals surface area contributed by atoms with Crippen molar-refractivity contribution >= 4 is 33.4 Å². The van der Waals surface area contributed by atoms with Crippen LogP contribution in [0, 0.1) is 6.92 Å². The van der Waals surface area contributed by atoms with Crippen LogP contribution in [0.2, 0.25) is 0 Å². The minimum atomic E-state index is -0.329. The van der Waals surface area contributed by atoms with Gasteiger partial charge in [-0.1, -0.05) is 36.4 Å². The SMILES string of the molecule is Cc1c(C(=O)C=Cc2ccccc2)c(=O)[nH]c2sccc12. The molecule has 1 N–H and O–H groups in total. The fourth-order valence-electron chi connectivity index (χ4n) is 2.29. The molecule has 0 atom stereocenters. The van der Waals surface area contributed by atoms with Gasteiger partial charge in [0, 0.05) is 5.39 Å². The van der Waals surface area contributed by atoms with Gasteiger partial charge in [0.1, 0.15) is 4.83 Å². The second kappa shape index (κ2) is 5.50. The van der Waals surface area contributed by atoms with Gasteiger partial charge in [-0.15, -0.1) is 11.3 Å². The molecule has 1 aromatic carbocycles. The Kier molecular flexibility index (Phi) is 3.54. The molecule has 0 aliphatic heterocycles. The van der Waals surface area contributed by atoms with Gasteiger partial charge in [-0.3, -0.25) is 9.59 Å². The van der Waals surface area contributed by atoms with E-state index in [2.05, 4.69) is 4.98 Å². The van der Waals surface area contributed by atoms with Crippen LogP contribution in [0.15, 0.2) is 52.6 Å². The van der Waals surface area contributed by atoms with Crippen molar-refractivity contribution in [3.05, 3.63) is 74.9 Å². The second-order valence-electron chi connectivity index (χ2n) is 4.73. The van der Waals surface area contributed by atoms with Crippen LogP contribution in [0.1, 0.15) is 21.5 Å². The third-order valence-electron chi connectivity index (χ3n) is 3.37. The summed E-state index contributed by atoms with van der Waals surface area (Å²) in [5, 5.41) is 2.83. The van der Waals surface area contributed by atoms with Crippen LogP contribution < -0.4 is 5.56 Å². The number of fused-ring (bicyclic) bond motifs is 1. The molecule has 2 heterocycles. The van der Waals surface area contributed by atoms with Gasteiger partial charge in [0.05, 0.1) is 5.56 Å². The first kappa shape index (κ1) is 13.5. The Morgan fingerprint density at radius 2 is 1.95 bits per heavy atom. The monoisotopic (exact) mass is 295 g/mol. The van der Waals surface area contributed by atoms with Gasteiger partial charge in [0.15, 0.2) is 5.78 Å². The summed E-state index contributed by atoms with van der Waals surface area (Å²) in [6.07, 6.45) is 3.17. The van der Waals surface area contributed by atoms with Crippen molar-refractivity contribution in [2.45, 2.75) is 6.92 Å². The number of carbonyl (C=O) groups excluding carboxylic acids is 1. The first-order valence-electron chi connectivity index (χ1n) is 6.54. The molecule has 104 valence electrons. The van der Waals surface area contributed by atoms with E-state index in [1.165, 1.54) is 17.4 Å². The Hall–Kier alpha value is -2.46. The fraction of sp³-hybridized carbons (Fsp3) is 0.0588. The van der Waals surface area contributed by atoms with Crippen LogP contribution in [0.4, 0.5) is 0 Å². The maximum absolute atomic E-state index is 12.3. The van der Waals surface area contributed by atoms with E-state index in [0.29, 0.717) is 0 Å². The quantitative estimate of drug-likeness (QED) is 0.590. The third kappa shape index (κ3) is 2.58. The summed E-state index contributed by atoms with van der Waals surface area (Å²) in [4.78, 5) is 28.0. The van der Waals surface area contributed by atoms with Gasteiger partial charge in [-0.2, -0.15) is 0 Å². The minimum Gasteiger partial charge on any atom is -0.313 e. The lowest BCUT2D eigenvalue weighted by molar-refractivity contribution is 0.104. The summed E-state index contributed by atoms with van der Waals surface area (Å²) < 4.78 is 0. The molecule has 4 heteroatoms. The number of rotatable bonds is 3. The molecule has 0 aliphatic rings. The highest BCUT2D eigenvalue weighted by molar-refractivity contribution is 7.16. The van der Waals surface area contributed by atoms with E-state index in [4.69, 9.17) is 0 Å². The number of ketones is 1. The molecule has 0 saturated heterocycles. The third-order valence-corrected chi connectivity index (χ3v) is 4.20. The van der Waals surface area contributed by atoms with Crippen LogP contribution >= 0.6 is 11.3 Å². The molecule has 0 aliphatic carbocycles. The average molecular weight is 295 g/mol. The topological polar surface area (TPSA) is 49.9 Å². The lowest BCUT2D eigenvalue weighted by atomic mass is 10.0. The zero-order valence-electron chi connectivity index (χ0n) is 11.4. The maximum atomic E-state index is 12.3. The van der Waals surface area contributed by atoms with Crippen molar-refractivity contribution < 1.29 is 4.79 Å². The number of hydrogen-bond donors (Lipinski definition) is 1. The fourth-order valence-corrected chi connectivity index (χ4v) is 3.13. The van der Waals surface area contributed by atoms with E-state index in [1.54, 1.807) is 6.08 Å². The Balaban J connectivity index is 2.02. The molecule has 0 spiro atoms. The zero-order valence-corrected chi connectivity index (χ0v) is 12.2. The molecule has 0 saturated carbocycles. The number of thiophene rings is 1. The van der Waals surface area contributed by atoms with E-state index in [0.717, 1.165) is 21.3 Å². The van der Waals surface area contributed by atoms with Crippen LogP contribution in [0.25, 0.3) is 16.3 Å². The van der Waals surface area contributed by atoms with Crippen molar-refractivity contribution in [2.75, 3.05) is 0 Å². The molecule has 21 heavy (non-hydrogen) atoms. The number of carbonyl (C=O) groups is 1. The van der Waals surface area contributed by atoms with E-state index >= 15 is 0 Å². The van der Waals surface area contributed by atoms with E-state index in [-0.39, 0.29) is 16.9 Å². The largest absolute Gasteiger partial charge is 0.313 e. The molecule has 0 fully saturated rings. The van der Waals surface area contributed by atoms with Crippen molar-refractivity contribution in [1.82, 2.24) is 4.98 Å². The first-order valence-corrected chi connectivity index (χ1v) is 7.42. The summed E-state index contributed by atoms with van der Waals surface area (Å²) in [7, 11) is 0. The highest BCUT2D eigenvalue weighted by Crippen LogP contribution is 2.22. The van der Waals surface area contributed by atoms with E-state index in [1.807, 2.05) is 48.7 Å². The summed E-state index contributed by atoms with van der Waals surface area (Å²) in [6, 6.07) is 11.5. The molecule has 0 amide bonds. The molecule has 0 unspecified atom stereocenters. The smallest absolute Gasteiger partial charge is 0.260 e. The van der Waals surface area contributed by atoms with Crippen LogP contribution in [-0.4, -0.2) is 10.8 Å². The number of aromatic amines is 1. The van der Waals surface area contributed by atoms with Crippen molar-refractivity contribution in [1.29, 1.82) is 0 Å². The Morgan fingerprint density at radius 1 is 1.19 bits per heavy atom. The van der Waals surface area contributed by atoms with Crippen LogP contribution in [0.3, 0.4) is 0 Å². The number of aromatic nitrogens is 1. The van der Waals surface area contributed by atoms with Gasteiger partial charge >= 0.3 is 0 Å². The molecule has 3 rings (SSSR count).